The second-order valence-corrected chi connectivity index (χ2v) is 10.3. The van der Waals surface area contributed by atoms with Gasteiger partial charge in [-0.3, -0.25) is 13.9 Å². The first kappa shape index (κ1) is 27.7. The van der Waals surface area contributed by atoms with Crippen molar-refractivity contribution >= 4 is 27.5 Å². The van der Waals surface area contributed by atoms with Gasteiger partial charge in [-0.1, -0.05) is 48.5 Å². The maximum absolute atomic E-state index is 13.8. The van der Waals surface area contributed by atoms with Gasteiger partial charge in [-0.2, -0.15) is 0 Å². The maximum Gasteiger partial charge on any atom is 0.244 e. The Morgan fingerprint density at radius 3 is 2.24 bits per heavy atom. The number of likely N-dealkylation sites (N-methyl/N-ethyl adjacent to an activating group) is 1. The normalized spacial score (nSPS) is 11.9. The van der Waals surface area contributed by atoms with Crippen molar-refractivity contribution in [2.45, 2.75) is 19.0 Å². The third-order valence-electron chi connectivity index (χ3n) is 5.80. The summed E-state index contributed by atoms with van der Waals surface area (Å²) in [5.74, 6) is -1.02. The van der Waals surface area contributed by atoms with E-state index in [1.807, 2.05) is 30.3 Å². The monoisotopic (exact) mass is 527 g/mol. The van der Waals surface area contributed by atoms with Gasteiger partial charge in [0.1, 0.15) is 24.2 Å². The fourth-order valence-electron chi connectivity index (χ4n) is 3.89. The van der Waals surface area contributed by atoms with E-state index >= 15 is 0 Å². The SMILES string of the molecule is CNC(=O)[C@@H](Cc1ccccc1)N(Cc1ccc(F)cc1)C(=O)CN(c1cccc(OC)c1)S(C)(=O)=O. The molecule has 3 rings (SSSR count). The molecule has 196 valence electrons. The average molecular weight is 528 g/mol. The van der Waals surface area contributed by atoms with Crippen molar-refractivity contribution in [1.29, 1.82) is 0 Å². The largest absolute Gasteiger partial charge is 0.497 e. The van der Waals surface area contributed by atoms with Crippen LogP contribution in [0, 0.1) is 5.82 Å². The number of carbonyl (C=O) groups is 2. The quantitative estimate of drug-likeness (QED) is 0.414. The van der Waals surface area contributed by atoms with E-state index < -0.39 is 40.2 Å². The topological polar surface area (TPSA) is 96.0 Å². The molecular weight excluding hydrogens is 497 g/mol. The van der Waals surface area contributed by atoms with Gasteiger partial charge in [0, 0.05) is 26.1 Å². The number of ether oxygens (including phenoxy) is 1. The van der Waals surface area contributed by atoms with Crippen molar-refractivity contribution in [2.75, 3.05) is 31.3 Å². The number of carbonyl (C=O) groups excluding carboxylic acids is 2. The lowest BCUT2D eigenvalue weighted by atomic mass is 10.0. The Bertz CT molecular complexity index is 1320. The number of methoxy groups -OCH3 is 1. The first-order valence-electron chi connectivity index (χ1n) is 11.5. The van der Waals surface area contributed by atoms with Gasteiger partial charge in [0.15, 0.2) is 0 Å². The molecule has 0 heterocycles. The van der Waals surface area contributed by atoms with Gasteiger partial charge >= 0.3 is 0 Å². The third kappa shape index (κ3) is 7.53. The van der Waals surface area contributed by atoms with Crippen LogP contribution >= 0.6 is 0 Å². The number of rotatable bonds is 11. The van der Waals surface area contributed by atoms with Crippen molar-refractivity contribution in [1.82, 2.24) is 10.2 Å². The second kappa shape index (κ2) is 12.4. The molecular formula is C27H30FN3O5S. The van der Waals surface area contributed by atoms with Crippen molar-refractivity contribution in [2.24, 2.45) is 0 Å². The van der Waals surface area contributed by atoms with Crippen LogP contribution in [-0.2, 0) is 32.6 Å². The Balaban J connectivity index is 2.02. The Morgan fingerprint density at radius 1 is 0.973 bits per heavy atom. The molecule has 2 amide bonds. The van der Waals surface area contributed by atoms with E-state index in [1.165, 1.54) is 49.4 Å². The number of amides is 2. The summed E-state index contributed by atoms with van der Waals surface area (Å²) < 4.78 is 45.2. The average Bonchev–Trinajstić information content (AvgIpc) is 2.89. The molecule has 0 aliphatic rings. The molecule has 0 fully saturated rings. The molecule has 0 aliphatic carbocycles. The van der Waals surface area contributed by atoms with E-state index in [4.69, 9.17) is 4.74 Å². The van der Waals surface area contributed by atoms with E-state index in [2.05, 4.69) is 5.32 Å². The minimum absolute atomic E-state index is 0.0280. The number of sulfonamides is 1. The van der Waals surface area contributed by atoms with Gasteiger partial charge in [-0.15, -0.1) is 0 Å². The number of hydrogen-bond donors (Lipinski definition) is 1. The number of benzene rings is 3. The Morgan fingerprint density at radius 2 is 1.65 bits per heavy atom. The summed E-state index contributed by atoms with van der Waals surface area (Å²) in [5, 5.41) is 2.60. The van der Waals surface area contributed by atoms with Gasteiger partial charge in [-0.05, 0) is 35.4 Å². The molecule has 8 nitrogen and oxygen atoms in total. The highest BCUT2D eigenvalue weighted by Gasteiger charge is 2.32. The van der Waals surface area contributed by atoms with Gasteiger partial charge in [0.25, 0.3) is 0 Å². The lowest BCUT2D eigenvalue weighted by molar-refractivity contribution is -0.139. The first-order valence-corrected chi connectivity index (χ1v) is 13.4. The fourth-order valence-corrected chi connectivity index (χ4v) is 4.73. The molecule has 0 radical (unpaired) electrons. The van der Waals surface area contributed by atoms with Gasteiger partial charge in [-0.25, -0.2) is 12.8 Å². The minimum atomic E-state index is -3.88. The van der Waals surface area contributed by atoms with Crippen LogP contribution in [-0.4, -0.2) is 58.1 Å². The Kier molecular flexibility index (Phi) is 9.24. The zero-order valence-electron chi connectivity index (χ0n) is 20.9. The number of halogens is 1. The molecule has 37 heavy (non-hydrogen) atoms. The molecule has 1 atom stereocenters. The lowest BCUT2D eigenvalue weighted by Gasteiger charge is -2.33. The standard InChI is InChI=1S/C27H30FN3O5S/c1-29-27(33)25(16-20-8-5-4-6-9-20)30(18-21-12-14-22(28)15-13-21)26(32)19-31(37(3,34)35)23-10-7-11-24(17-23)36-2/h4-15,17,25H,16,18-19H2,1-3H3,(H,29,33)/t25-/m1/s1. The Hall–Kier alpha value is -3.92. The molecule has 3 aromatic carbocycles. The highest BCUT2D eigenvalue weighted by atomic mass is 32.2. The number of nitrogens with zero attached hydrogens (tertiary/aromatic N) is 2. The highest BCUT2D eigenvalue weighted by molar-refractivity contribution is 7.92. The third-order valence-corrected chi connectivity index (χ3v) is 6.94. The van der Waals surface area contributed by atoms with Crippen LogP contribution in [0.25, 0.3) is 0 Å². The van der Waals surface area contributed by atoms with Gasteiger partial charge < -0.3 is 15.0 Å². The summed E-state index contributed by atoms with van der Waals surface area (Å²) >= 11 is 0. The minimum Gasteiger partial charge on any atom is -0.497 e. The smallest absolute Gasteiger partial charge is 0.244 e. The van der Waals surface area contributed by atoms with Crippen molar-refractivity contribution < 1.29 is 27.1 Å². The van der Waals surface area contributed by atoms with E-state index in [9.17, 15) is 22.4 Å². The molecule has 0 spiro atoms. The summed E-state index contributed by atoms with van der Waals surface area (Å²) in [4.78, 5) is 28.1. The van der Waals surface area contributed by atoms with Crippen molar-refractivity contribution in [3.8, 4) is 5.75 Å². The van der Waals surface area contributed by atoms with Crippen LogP contribution in [0.1, 0.15) is 11.1 Å². The first-order chi connectivity index (χ1) is 17.6. The molecule has 0 saturated heterocycles. The van der Waals surface area contributed by atoms with Crippen LogP contribution in [0.3, 0.4) is 0 Å². The summed E-state index contributed by atoms with van der Waals surface area (Å²) in [7, 11) is -0.953. The van der Waals surface area contributed by atoms with Crippen molar-refractivity contribution in [3.63, 3.8) is 0 Å². The van der Waals surface area contributed by atoms with Crippen LogP contribution in [0.2, 0.25) is 0 Å². The number of anilines is 1. The van der Waals surface area contributed by atoms with Crippen LogP contribution in [0.5, 0.6) is 5.75 Å². The number of nitrogens with one attached hydrogen (secondary N) is 1. The molecule has 0 unspecified atom stereocenters. The predicted octanol–water partition coefficient (Wildman–Crippen LogP) is 2.99. The van der Waals surface area contributed by atoms with Crippen LogP contribution in [0.4, 0.5) is 10.1 Å². The molecule has 0 bridgehead atoms. The maximum atomic E-state index is 13.8. The predicted molar refractivity (Wildman–Crippen MR) is 140 cm³/mol. The van der Waals surface area contributed by atoms with Gasteiger partial charge in [0.2, 0.25) is 21.8 Å². The lowest BCUT2D eigenvalue weighted by Crippen LogP contribution is -2.52. The molecule has 0 aliphatic heterocycles. The molecule has 0 saturated carbocycles. The van der Waals surface area contributed by atoms with Crippen molar-refractivity contribution in [3.05, 3.63) is 95.8 Å². The highest BCUT2D eigenvalue weighted by Crippen LogP contribution is 2.24. The summed E-state index contributed by atoms with van der Waals surface area (Å²) in [6, 6.07) is 20.2. The van der Waals surface area contributed by atoms with E-state index in [1.54, 1.807) is 18.2 Å². The number of hydrogen-bond acceptors (Lipinski definition) is 5. The zero-order chi connectivity index (χ0) is 27.0. The second-order valence-electron chi connectivity index (χ2n) is 8.44. The summed E-state index contributed by atoms with van der Waals surface area (Å²) in [6.07, 6.45) is 1.20. The van der Waals surface area contributed by atoms with E-state index in [0.29, 0.717) is 11.3 Å². The Labute approximate surface area is 216 Å². The summed E-state index contributed by atoms with van der Waals surface area (Å²) in [5.41, 5.74) is 1.65. The zero-order valence-corrected chi connectivity index (χ0v) is 21.7. The van der Waals surface area contributed by atoms with E-state index in [-0.39, 0.29) is 18.7 Å². The molecule has 10 heteroatoms. The van der Waals surface area contributed by atoms with Crippen LogP contribution in [0.15, 0.2) is 78.9 Å². The van der Waals surface area contributed by atoms with Crippen LogP contribution < -0.4 is 14.4 Å². The van der Waals surface area contributed by atoms with Gasteiger partial charge in [0.05, 0.1) is 19.1 Å². The summed E-state index contributed by atoms with van der Waals surface area (Å²) in [6.45, 7) is -0.574. The van der Waals surface area contributed by atoms with E-state index in [0.717, 1.165) is 16.1 Å². The molecule has 3 aromatic rings. The fraction of sp³-hybridized carbons (Fsp3) is 0.259. The molecule has 1 N–H and O–H groups in total. The molecule has 0 aromatic heterocycles.